The van der Waals surface area contributed by atoms with E-state index in [1.165, 1.54) is 11.0 Å². The lowest BCUT2D eigenvalue weighted by Crippen LogP contribution is -2.36. The van der Waals surface area contributed by atoms with E-state index < -0.39 is 17.7 Å². The molecular weight excluding hydrogens is 406 g/mol. The second kappa shape index (κ2) is 9.20. The zero-order valence-corrected chi connectivity index (χ0v) is 17.5. The molecule has 3 rings (SSSR count). The first-order chi connectivity index (χ1) is 14.6. The van der Waals surface area contributed by atoms with Gasteiger partial charge in [-0.3, -0.25) is 9.59 Å². The van der Waals surface area contributed by atoms with Gasteiger partial charge in [-0.05, 0) is 30.9 Å². The van der Waals surface area contributed by atoms with Crippen LogP contribution in [-0.4, -0.2) is 46.8 Å². The fraction of sp³-hybridized carbons (Fsp3) is 0.364. The maximum absolute atomic E-state index is 13.7. The van der Waals surface area contributed by atoms with Crippen LogP contribution in [-0.2, 0) is 10.7 Å². The molecule has 1 aliphatic carbocycles. The van der Waals surface area contributed by atoms with Crippen LogP contribution in [0.2, 0.25) is 0 Å². The van der Waals surface area contributed by atoms with E-state index in [9.17, 15) is 18.4 Å². The highest BCUT2D eigenvalue weighted by Gasteiger charge is 2.33. The van der Waals surface area contributed by atoms with Gasteiger partial charge in [-0.25, -0.2) is 4.98 Å². The second-order valence-electron chi connectivity index (χ2n) is 7.64. The number of hydrogen-bond acceptors (Lipinski definition) is 5. The summed E-state index contributed by atoms with van der Waals surface area (Å²) in [5.41, 5.74) is -0.0742. The van der Waals surface area contributed by atoms with E-state index >= 15 is 0 Å². The first-order valence-corrected chi connectivity index (χ1v) is 9.83. The van der Waals surface area contributed by atoms with Gasteiger partial charge in [0.05, 0.1) is 6.04 Å². The van der Waals surface area contributed by atoms with Crippen LogP contribution < -0.4 is 10.1 Å². The molecule has 1 atom stereocenters. The van der Waals surface area contributed by atoms with E-state index in [0.29, 0.717) is 12.7 Å². The topological polar surface area (TPSA) is 84.4 Å². The monoisotopic (exact) mass is 430 g/mol. The molecule has 1 aliphatic rings. The normalized spacial score (nSPS) is 14.9. The van der Waals surface area contributed by atoms with Crippen LogP contribution in [0.4, 0.5) is 8.78 Å². The molecule has 1 fully saturated rings. The summed E-state index contributed by atoms with van der Waals surface area (Å²) in [5, 5.41) is 2.83. The van der Waals surface area contributed by atoms with Crippen molar-refractivity contribution in [2.24, 2.45) is 5.92 Å². The third-order valence-electron chi connectivity index (χ3n) is 4.66. The van der Waals surface area contributed by atoms with Crippen molar-refractivity contribution in [2.75, 3.05) is 14.1 Å². The van der Waals surface area contributed by atoms with Gasteiger partial charge in [0.1, 0.15) is 11.3 Å². The van der Waals surface area contributed by atoms with Gasteiger partial charge in [-0.1, -0.05) is 24.3 Å². The molecule has 1 aromatic heterocycles. The van der Waals surface area contributed by atoms with Gasteiger partial charge in [0.15, 0.2) is 0 Å². The average Bonchev–Trinajstić information content (AvgIpc) is 3.56. The molecule has 1 heterocycles. The number of hydrogen-bond donors (Lipinski definition) is 1. The maximum atomic E-state index is 13.7. The number of rotatable bonds is 8. The largest absolute Gasteiger partial charge is 0.438 e. The van der Waals surface area contributed by atoms with Crippen molar-refractivity contribution >= 4 is 11.8 Å². The third kappa shape index (κ3) is 6.07. The molecule has 2 amide bonds. The van der Waals surface area contributed by atoms with Gasteiger partial charge in [0, 0.05) is 33.3 Å². The molecule has 2 aromatic rings. The highest BCUT2D eigenvalue weighted by Crippen LogP contribution is 2.34. The summed E-state index contributed by atoms with van der Waals surface area (Å²) in [5.74, 6) is -4.54. The van der Waals surface area contributed by atoms with Crippen LogP contribution in [0.15, 0.2) is 48.7 Å². The fourth-order valence-corrected chi connectivity index (χ4v) is 2.75. The molecule has 1 aromatic carbocycles. The highest BCUT2D eigenvalue weighted by molar-refractivity contribution is 5.96. The molecule has 1 saturated carbocycles. The van der Waals surface area contributed by atoms with E-state index in [4.69, 9.17) is 4.74 Å². The molecule has 0 spiro atoms. The fourth-order valence-electron chi connectivity index (χ4n) is 2.75. The molecule has 1 N–H and O–H groups in total. The average molecular weight is 430 g/mol. The first-order valence-electron chi connectivity index (χ1n) is 9.83. The Labute approximate surface area is 179 Å². The summed E-state index contributed by atoms with van der Waals surface area (Å²) in [6, 6.07) is 8.05. The predicted octanol–water partition coefficient (Wildman–Crippen LogP) is 3.53. The molecule has 0 bridgehead atoms. The Hall–Kier alpha value is -3.36. The lowest BCUT2D eigenvalue weighted by atomic mass is 10.1. The zero-order chi connectivity index (χ0) is 22.6. The SMILES string of the molecule is CN(C)C(=O)/C=C/[C@@H](NC(=O)c1cnc(C(C)(F)F)nc1Oc1ccccc1)C1CC1. The minimum absolute atomic E-state index is 0.0742. The van der Waals surface area contributed by atoms with Crippen LogP contribution in [0, 0.1) is 5.92 Å². The number of para-hydroxylation sites is 1. The van der Waals surface area contributed by atoms with Crippen LogP contribution in [0.1, 0.15) is 35.9 Å². The number of carbonyl (C=O) groups excluding carboxylic acids is 2. The number of ether oxygens (including phenoxy) is 1. The van der Waals surface area contributed by atoms with Gasteiger partial charge in [-0.2, -0.15) is 13.8 Å². The van der Waals surface area contributed by atoms with Crippen LogP contribution in [0.3, 0.4) is 0 Å². The van der Waals surface area contributed by atoms with Crippen molar-refractivity contribution in [3.8, 4) is 11.6 Å². The lowest BCUT2D eigenvalue weighted by molar-refractivity contribution is -0.123. The number of likely N-dealkylation sites (N-methyl/N-ethyl adjacent to an activating group) is 1. The summed E-state index contributed by atoms with van der Waals surface area (Å²) >= 11 is 0. The molecule has 0 aliphatic heterocycles. The third-order valence-corrected chi connectivity index (χ3v) is 4.66. The van der Waals surface area contributed by atoms with Gasteiger partial charge in [0.2, 0.25) is 17.6 Å². The Bertz CT molecular complexity index is 970. The van der Waals surface area contributed by atoms with Crippen LogP contribution in [0.5, 0.6) is 11.6 Å². The van der Waals surface area contributed by atoms with Crippen molar-refractivity contribution in [1.29, 1.82) is 0 Å². The number of alkyl halides is 2. The number of carbonyl (C=O) groups is 2. The Morgan fingerprint density at radius 3 is 2.52 bits per heavy atom. The summed E-state index contributed by atoms with van der Waals surface area (Å²) in [6.45, 7) is 0.671. The predicted molar refractivity (Wildman–Crippen MR) is 110 cm³/mol. The minimum atomic E-state index is -3.30. The first kappa shape index (κ1) is 22.3. The molecule has 31 heavy (non-hydrogen) atoms. The Balaban J connectivity index is 1.87. The Kier molecular flexibility index (Phi) is 6.62. The minimum Gasteiger partial charge on any atom is -0.438 e. The van der Waals surface area contributed by atoms with Crippen molar-refractivity contribution in [2.45, 2.75) is 31.7 Å². The standard InChI is InChI=1S/C22H24F2N4O3/c1-22(23,24)21-25-13-16(20(27-21)31-15-7-5-4-6-8-15)19(30)26-17(14-9-10-14)11-12-18(29)28(2)3/h4-8,11-14,17H,9-10H2,1-3H3,(H,26,30)/b12-11+/t17-/m1/s1. The van der Waals surface area contributed by atoms with Crippen LogP contribution in [0.25, 0.3) is 0 Å². The van der Waals surface area contributed by atoms with Gasteiger partial charge in [0.25, 0.3) is 5.91 Å². The van der Waals surface area contributed by atoms with Gasteiger partial charge in [-0.15, -0.1) is 0 Å². The summed E-state index contributed by atoms with van der Waals surface area (Å²) in [4.78, 5) is 33.7. The molecular formula is C22H24F2N4O3. The number of aromatic nitrogens is 2. The lowest BCUT2D eigenvalue weighted by Gasteiger charge is -2.17. The number of amides is 2. The number of nitrogens with one attached hydrogen (secondary N) is 1. The summed E-state index contributed by atoms with van der Waals surface area (Å²) < 4.78 is 33.1. The van der Waals surface area contributed by atoms with E-state index in [1.54, 1.807) is 50.5 Å². The smallest absolute Gasteiger partial charge is 0.303 e. The zero-order valence-electron chi connectivity index (χ0n) is 17.5. The van der Waals surface area contributed by atoms with E-state index in [1.807, 2.05) is 0 Å². The summed E-state index contributed by atoms with van der Waals surface area (Å²) in [6.07, 6.45) is 5.91. The molecule has 9 heteroatoms. The van der Waals surface area contributed by atoms with Crippen molar-refractivity contribution in [3.63, 3.8) is 0 Å². The second-order valence-corrected chi connectivity index (χ2v) is 7.64. The Morgan fingerprint density at radius 2 is 1.94 bits per heavy atom. The molecule has 164 valence electrons. The van der Waals surface area contributed by atoms with Crippen molar-refractivity contribution in [3.05, 3.63) is 60.1 Å². The quantitative estimate of drug-likeness (QED) is 0.648. The highest BCUT2D eigenvalue weighted by atomic mass is 19.3. The van der Waals surface area contributed by atoms with E-state index in [0.717, 1.165) is 19.0 Å². The Morgan fingerprint density at radius 1 is 1.26 bits per heavy atom. The number of halogens is 2. The summed E-state index contributed by atoms with van der Waals surface area (Å²) in [7, 11) is 3.26. The maximum Gasteiger partial charge on any atom is 0.303 e. The number of benzene rings is 1. The molecule has 0 unspecified atom stereocenters. The van der Waals surface area contributed by atoms with Crippen molar-refractivity contribution < 1.29 is 23.1 Å². The van der Waals surface area contributed by atoms with E-state index in [2.05, 4.69) is 15.3 Å². The van der Waals surface area contributed by atoms with Gasteiger partial charge < -0.3 is 15.0 Å². The van der Waals surface area contributed by atoms with Crippen molar-refractivity contribution in [1.82, 2.24) is 20.2 Å². The van der Waals surface area contributed by atoms with Gasteiger partial charge >= 0.3 is 5.92 Å². The van der Waals surface area contributed by atoms with E-state index in [-0.39, 0.29) is 29.3 Å². The van der Waals surface area contributed by atoms with Crippen LogP contribution >= 0.6 is 0 Å². The molecule has 0 radical (unpaired) electrons. The molecule has 7 nitrogen and oxygen atoms in total. The molecule has 0 saturated heterocycles. The number of nitrogens with zero attached hydrogens (tertiary/aromatic N) is 3.